The molecule has 0 aromatic heterocycles. The molecule has 1 aliphatic carbocycles. The van der Waals surface area contributed by atoms with Crippen molar-refractivity contribution in [1.82, 2.24) is 0 Å². The quantitative estimate of drug-likeness (QED) is 0.630. The van der Waals surface area contributed by atoms with Crippen molar-refractivity contribution in [3.8, 4) is 0 Å². The van der Waals surface area contributed by atoms with Crippen molar-refractivity contribution < 1.29 is 0 Å². The van der Waals surface area contributed by atoms with E-state index >= 15 is 0 Å². The average molecular weight is 302 g/mol. The number of rotatable bonds is 4. The predicted molar refractivity (Wildman–Crippen MR) is 97.1 cm³/mol. The van der Waals surface area contributed by atoms with Crippen molar-refractivity contribution in [1.29, 1.82) is 0 Å². The second-order valence-electron chi connectivity index (χ2n) is 5.87. The molecule has 0 nitrogen and oxygen atoms in total. The minimum absolute atomic E-state index is 0.457. The molecule has 0 amide bonds. The van der Waals surface area contributed by atoms with Gasteiger partial charge in [-0.05, 0) is 48.2 Å². The Morgan fingerprint density at radius 1 is 0.545 bits per heavy atom. The summed E-state index contributed by atoms with van der Waals surface area (Å²) >= 11 is 0. The van der Waals surface area contributed by atoms with E-state index in [-0.39, 0.29) is 0 Å². The number of hydrogen-bond donors (Lipinski definition) is 0. The lowest BCUT2D eigenvalue weighted by molar-refractivity contribution is 1.13. The lowest BCUT2D eigenvalue weighted by atomic mass is 10.1. The van der Waals surface area contributed by atoms with Gasteiger partial charge in [0.2, 0.25) is 0 Å². The molecule has 22 heavy (non-hydrogen) atoms. The van der Waals surface area contributed by atoms with Crippen molar-refractivity contribution in [3.63, 3.8) is 0 Å². The van der Waals surface area contributed by atoms with Gasteiger partial charge in [-0.1, -0.05) is 84.9 Å². The van der Waals surface area contributed by atoms with Gasteiger partial charge >= 0.3 is 0 Å². The lowest BCUT2D eigenvalue weighted by Crippen LogP contribution is -2.20. The smallest absolute Gasteiger partial charge is 0.0134 e. The van der Waals surface area contributed by atoms with Crippen molar-refractivity contribution >= 4 is 23.8 Å². The highest BCUT2D eigenvalue weighted by Gasteiger charge is 2.24. The molecule has 0 radical (unpaired) electrons. The highest BCUT2D eigenvalue weighted by molar-refractivity contribution is 7.79. The first kappa shape index (κ1) is 13.7. The minimum atomic E-state index is -0.457. The third-order valence-electron chi connectivity index (χ3n) is 4.23. The highest BCUT2D eigenvalue weighted by Crippen LogP contribution is 2.40. The monoisotopic (exact) mass is 302 g/mol. The summed E-state index contributed by atoms with van der Waals surface area (Å²) in [7, 11) is -0.457. The fourth-order valence-electron chi connectivity index (χ4n) is 2.91. The Morgan fingerprint density at radius 3 is 1.45 bits per heavy atom. The summed E-state index contributed by atoms with van der Waals surface area (Å²) in [6.07, 6.45) is 2.73. The Morgan fingerprint density at radius 2 is 1.00 bits per heavy atom. The summed E-state index contributed by atoms with van der Waals surface area (Å²) in [5, 5.41) is 4.28. The van der Waals surface area contributed by atoms with Crippen LogP contribution in [0.5, 0.6) is 0 Å². The molecule has 1 heteroatoms. The predicted octanol–water partition coefficient (Wildman–Crippen LogP) is 4.32. The molecule has 1 saturated carbocycles. The van der Waals surface area contributed by atoms with Crippen LogP contribution in [-0.4, -0.2) is 0 Å². The molecule has 1 fully saturated rings. The van der Waals surface area contributed by atoms with Gasteiger partial charge in [-0.2, -0.15) is 0 Å². The van der Waals surface area contributed by atoms with E-state index in [1.54, 1.807) is 0 Å². The third kappa shape index (κ3) is 2.85. The zero-order valence-electron chi connectivity index (χ0n) is 12.5. The van der Waals surface area contributed by atoms with Crippen LogP contribution in [0, 0.1) is 0 Å². The SMILES string of the molecule is c1ccc(P(c2ccccc2)c2ccc(C3CC3)cc2)cc1. The topological polar surface area (TPSA) is 0 Å². The fourth-order valence-corrected chi connectivity index (χ4v) is 5.20. The molecule has 0 unspecified atom stereocenters. The maximum atomic E-state index is 2.35. The summed E-state index contributed by atoms with van der Waals surface area (Å²) in [6, 6.07) is 31.2. The summed E-state index contributed by atoms with van der Waals surface area (Å²) < 4.78 is 0. The number of benzene rings is 3. The van der Waals surface area contributed by atoms with Crippen LogP contribution in [-0.2, 0) is 0 Å². The van der Waals surface area contributed by atoms with Gasteiger partial charge in [0, 0.05) is 0 Å². The molecule has 0 N–H and O–H groups in total. The van der Waals surface area contributed by atoms with Gasteiger partial charge in [0.1, 0.15) is 0 Å². The standard InChI is InChI=1S/C21H19P/c1-3-7-19(8-4-1)22(20-9-5-2-6-10-20)21-15-13-18(14-16-21)17-11-12-17/h1-10,13-17H,11-12H2. The van der Waals surface area contributed by atoms with Crippen LogP contribution < -0.4 is 15.9 Å². The zero-order valence-corrected chi connectivity index (χ0v) is 13.4. The van der Waals surface area contributed by atoms with Gasteiger partial charge in [0.05, 0.1) is 0 Å². The minimum Gasteiger partial charge on any atom is -0.0622 e. The molecule has 0 atom stereocenters. The van der Waals surface area contributed by atoms with Gasteiger partial charge in [-0.25, -0.2) is 0 Å². The molecule has 0 heterocycles. The van der Waals surface area contributed by atoms with Crippen LogP contribution in [0.3, 0.4) is 0 Å². The van der Waals surface area contributed by atoms with E-state index < -0.39 is 7.92 Å². The molecule has 0 bridgehead atoms. The van der Waals surface area contributed by atoms with E-state index in [0.717, 1.165) is 5.92 Å². The van der Waals surface area contributed by atoms with E-state index in [1.165, 1.54) is 34.3 Å². The van der Waals surface area contributed by atoms with E-state index in [4.69, 9.17) is 0 Å². The summed E-state index contributed by atoms with van der Waals surface area (Å²) in [5.74, 6) is 0.828. The molecule has 0 spiro atoms. The maximum absolute atomic E-state index is 2.35. The molecule has 3 aromatic rings. The fraction of sp³-hybridized carbons (Fsp3) is 0.143. The third-order valence-corrected chi connectivity index (χ3v) is 6.67. The van der Waals surface area contributed by atoms with Crippen LogP contribution >= 0.6 is 7.92 Å². The molecule has 0 aliphatic heterocycles. The molecule has 3 aromatic carbocycles. The van der Waals surface area contributed by atoms with Crippen LogP contribution in [0.15, 0.2) is 84.9 Å². The average Bonchev–Trinajstić information content (AvgIpc) is 3.43. The Labute approximate surface area is 133 Å². The van der Waals surface area contributed by atoms with Gasteiger partial charge in [0.15, 0.2) is 0 Å². The number of hydrogen-bond acceptors (Lipinski definition) is 0. The zero-order chi connectivity index (χ0) is 14.8. The van der Waals surface area contributed by atoms with E-state index in [1.807, 2.05) is 0 Å². The van der Waals surface area contributed by atoms with Crippen molar-refractivity contribution in [2.24, 2.45) is 0 Å². The lowest BCUT2D eigenvalue weighted by Gasteiger charge is -2.19. The summed E-state index contributed by atoms with van der Waals surface area (Å²) in [5.41, 5.74) is 1.51. The van der Waals surface area contributed by atoms with Gasteiger partial charge < -0.3 is 0 Å². The normalized spacial score (nSPS) is 14.2. The van der Waals surface area contributed by atoms with Crippen LogP contribution in [0.25, 0.3) is 0 Å². The van der Waals surface area contributed by atoms with Crippen molar-refractivity contribution in [3.05, 3.63) is 90.5 Å². The Kier molecular flexibility index (Phi) is 3.79. The van der Waals surface area contributed by atoms with Crippen molar-refractivity contribution in [2.75, 3.05) is 0 Å². The first-order valence-electron chi connectivity index (χ1n) is 7.92. The second-order valence-corrected chi connectivity index (χ2v) is 8.09. The Bertz CT molecular complexity index is 688. The van der Waals surface area contributed by atoms with Crippen LogP contribution in [0.4, 0.5) is 0 Å². The first-order valence-corrected chi connectivity index (χ1v) is 9.26. The summed E-state index contributed by atoms with van der Waals surface area (Å²) in [4.78, 5) is 0. The Balaban J connectivity index is 1.76. The second kappa shape index (κ2) is 6.07. The maximum Gasteiger partial charge on any atom is -0.0134 e. The van der Waals surface area contributed by atoms with Gasteiger partial charge in [-0.3, -0.25) is 0 Å². The molecule has 0 saturated heterocycles. The largest absolute Gasteiger partial charge is 0.0622 e. The van der Waals surface area contributed by atoms with E-state index in [0.29, 0.717) is 0 Å². The van der Waals surface area contributed by atoms with Crippen molar-refractivity contribution in [2.45, 2.75) is 18.8 Å². The van der Waals surface area contributed by atoms with Crippen LogP contribution in [0.2, 0.25) is 0 Å². The van der Waals surface area contributed by atoms with E-state index in [2.05, 4.69) is 84.9 Å². The molecule has 108 valence electrons. The van der Waals surface area contributed by atoms with Crippen LogP contribution in [0.1, 0.15) is 24.3 Å². The molecule has 4 rings (SSSR count). The van der Waals surface area contributed by atoms with E-state index in [9.17, 15) is 0 Å². The molecule has 1 aliphatic rings. The van der Waals surface area contributed by atoms with Gasteiger partial charge in [-0.15, -0.1) is 0 Å². The Hall–Kier alpha value is -1.91. The summed E-state index contributed by atoms with van der Waals surface area (Å²) in [6.45, 7) is 0. The molecular formula is C21H19P. The highest BCUT2D eigenvalue weighted by atomic mass is 31.1. The first-order chi connectivity index (χ1) is 10.9. The van der Waals surface area contributed by atoms with Gasteiger partial charge in [0.25, 0.3) is 0 Å². The molecular weight excluding hydrogens is 283 g/mol.